The zero-order chi connectivity index (χ0) is 12.0. The van der Waals surface area contributed by atoms with Crippen molar-refractivity contribution in [1.82, 2.24) is 9.88 Å². The van der Waals surface area contributed by atoms with Crippen LogP contribution in [-0.4, -0.2) is 47.8 Å². The summed E-state index contributed by atoms with van der Waals surface area (Å²) >= 11 is 1.59. The Labute approximate surface area is 98.7 Å². The molecule has 0 fully saturated rings. The Balaban J connectivity index is 2.51. The number of ether oxygens (including phenoxy) is 1. The molecule has 1 N–H and O–H groups in total. The summed E-state index contributed by atoms with van der Waals surface area (Å²) in [7, 11) is 1.61. The van der Waals surface area contributed by atoms with E-state index in [0.29, 0.717) is 19.7 Å². The van der Waals surface area contributed by atoms with E-state index in [0.717, 1.165) is 9.88 Å². The van der Waals surface area contributed by atoms with Gasteiger partial charge in [-0.05, 0) is 6.92 Å². The van der Waals surface area contributed by atoms with Crippen LogP contribution >= 0.6 is 11.3 Å². The van der Waals surface area contributed by atoms with Crippen molar-refractivity contribution in [3.8, 4) is 0 Å². The van der Waals surface area contributed by atoms with Crippen molar-refractivity contribution in [2.24, 2.45) is 0 Å². The molecule has 0 bridgehead atoms. The highest BCUT2D eigenvalue weighted by Gasteiger charge is 2.11. The fourth-order valence-electron chi connectivity index (χ4n) is 1.32. The zero-order valence-corrected chi connectivity index (χ0v) is 10.3. The number of hydrogen-bond donors (Lipinski definition) is 1. The maximum Gasteiger partial charge on any atom is 0.317 e. The number of hydrogen-bond acceptors (Lipinski definition) is 5. The van der Waals surface area contributed by atoms with E-state index in [9.17, 15) is 4.79 Å². The van der Waals surface area contributed by atoms with Gasteiger partial charge in [-0.1, -0.05) is 0 Å². The molecule has 6 heteroatoms. The standard InChI is InChI=1S/C10H16N2O3S/c1-8-11-5-9(16-8)6-12(3-4-15-2)7-10(13)14/h5H,3-4,6-7H2,1-2H3,(H,13,14). The maximum absolute atomic E-state index is 10.7. The van der Waals surface area contributed by atoms with Crippen molar-refractivity contribution in [3.63, 3.8) is 0 Å². The van der Waals surface area contributed by atoms with Gasteiger partial charge in [0.1, 0.15) is 0 Å². The molecule has 0 radical (unpaired) electrons. The first kappa shape index (κ1) is 13.1. The molecule has 1 aromatic heterocycles. The predicted molar refractivity (Wildman–Crippen MR) is 61.6 cm³/mol. The second-order valence-electron chi connectivity index (χ2n) is 3.44. The average molecular weight is 244 g/mol. The Morgan fingerprint density at radius 2 is 2.44 bits per heavy atom. The van der Waals surface area contributed by atoms with E-state index in [2.05, 4.69) is 4.98 Å². The molecule has 0 spiro atoms. The van der Waals surface area contributed by atoms with Crippen LogP contribution in [0, 0.1) is 6.92 Å². The molecule has 5 nitrogen and oxygen atoms in total. The molecule has 0 saturated carbocycles. The van der Waals surface area contributed by atoms with E-state index in [1.54, 1.807) is 24.6 Å². The average Bonchev–Trinajstić information content (AvgIpc) is 2.59. The van der Waals surface area contributed by atoms with Gasteiger partial charge in [0.05, 0.1) is 18.2 Å². The van der Waals surface area contributed by atoms with Crippen molar-refractivity contribution in [1.29, 1.82) is 0 Å². The number of nitrogens with zero attached hydrogens (tertiary/aromatic N) is 2. The van der Waals surface area contributed by atoms with E-state index in [-0.39, 0.29) is 6.54 Å². The number of rotatable bonds is 7. The summed E-state index contributed by atoms with van der Waals surface area (Å²) in [5.41, 5.74) is 0. The smallest absolute Gasteiger partial charge is 0.317 e. The van der Waals surface area contributed by atoms with Crippen molar-refractivity contribution in [2.45, 2.75) is 13.5 Å². The van der Waals surface area contributed by atoms with E-state index >= 15 is 0 Å². The Hall–Kier alpha value is -0.980. The monoisotopic (exact) mass is 244 g/mol. The van der Waals surface area contributed by atoms with Crippen LogP contribution < -0.4 is 0 Å². The lowest BCUT2D eigenvalue weighted by molar-refractivity contribution is -0.138. The number of aryl methyl sites for hydroxylation is 1. The highest BCUT2D eigenvalue weighted by molar-refractivity contribution is 7.11. The largest absolute Gasteiger partial charge is 0.480 e. The lowest BCUT2D eigenvalue weighted by Crippen LogP contribution is -2.31. The van der Waals surface area contributed by atoms with Gasteiger partial charge >= 0.3 is 5.97 Å². The van der Waals surface area contributed by atoms with Gasteiger partial charge in [-0.15, -0.1) is 11.3 Å². The molecule has 1 heterocycles. The molecule has 90 valence electrons. The SMILES string of the molecule is COCCN(CC(=O)O)Cc1cnc(C)s1. The van der Waals surface area contributed by atoms with Crippen LogP contribution in [0.15, 0.2) is 6.20 Å². The Kier molecular flexibility index (Phi) is 5.37. The molecule has 0 unspecified atom stereocenters. The summed E-state index contributed by atoms with van der Waals surface area (Å²) in [5.74, 6) is -0.822. The Morgan fingerprint density at radius 3 is 2.94 bits per heavy atom. The lowest BCUT2D eigenvalue weighted by Gasteiger charge is -2.18. The van der Waals surface area contributed by atoms with Crippen LogP contribution in [0.25, 0.3) is 0 Å². The first-order valence-electron chi connectivity index (χ1n) is 4.96. The van der Waals surface area contributed by atoms with Crippen molar-refractivity contribution >= 4 is 17.3 Å². The number of methoxy groups -OCH3 is 1. The van der Waals surface area contributed by atoms with E-state index in [1.165, 1.54) is 0 Å². The molecular formula is C10H16N2O3S. The highest BCUT2D eigenvalue weighted by Crippen LogP contribution is 2.13. The Morgan fingerprint density at radius 1 is 1.69 bits per heavy atom. The molecule has 1 rings (SSSR count). The van der Waals surface area contributed by atoms with Gasteiger partial charge in [-0.2, -0.15) is 0 Å². The normalized spacial score (nSPS) is 10.9. The fourth-order valence-corrected chi connectivity index (χ4v) is 2.16. The first-order valence-corrected chi connectivity index (χ1v) is 5.78. The maximum atomic E-state index is 10.7. The van der Waals surface area contributed by atoms with E-state index in [4.69, 9.17) is 9.84 Å². The predicted octanol–water partition coefficient (Wildman–Crippen LogP) is 0.985. The second kappa shape index (κ2) is 6.57. The van der Waals surface area contributed by atoms with Gasteiger partial charge in [-0.3, -0.25) is 9.69 Å². The third kappa shape index (κ3) is 4.69. The fraction of sp³-hybridized carbons (Fsp3) is 0.600. The summed E-state index contributed by atoms with van der Waals surface area (Å²) in [4.78, 5) is 17.7. The molecule has 0 amide bonds. The second-order valence-corrected chi connectivity index (χ2v) is 4.76. The van der Waals surface area contributed by atoms with Crippen molar-refractivity contribution in [3.05, 3.63) is 16.1 Å². The van der Waals surface area contributed by atoms with Crippen LogP contribution in [0.3, 0.4) is 0 Å². The minimum Gasteiger partial charge on any atom is -0.480 e. The topological polar surface area (TPSA) is 62.7 Å². The van der Waals surface area contributed by atoms with Gasteiger partial charge in [-0.25, -0.2) is 4.98 Å². The van der Waals surface area contributed by atoms with E-state index in [1.807, 2.05) is 11.8 Å². The quantitative estimate of drug-likeness (QED) is 0.774. The van der Waals surface area contributed by atoms with Crippen LogP contribution in [0.2, 0.25) is 0 Å². The molecule has 0 aliphatic heterocycles. The summed E-state index contributed by atoms with van der Waals surface area (Å²) in [6.45, 7) is 3.72. The molecule has 0 aliphatic rings. The van der Waals surface area contributed by atoms with E-state index < -0.39 is 5.97 Å². The number of carboxylic acid groups (broad SMARTS) is 1. The van der Waals surface area contributed by atoms with Gasteiger partial charge in [0.15, 0.2) is 0 Å². The van der Waals surface area contributed by atoms with Crippen LogP contribution in [0.4, 0.5) is 0 Å². The minimum absolute atomic E-state index is 0.0281. The number of carbonyl (C=O) groups is 1. The summed E-state index contributed by atoms with van der Waals surface area (Å²) < 4.78 is 4.95. The highest BCUT2D eigenvalue weighted by atomic mass is 32.1. The molecular weight excluding hydrogens is 228 g/mol. The molecule has 0 saturated heterocycles. The number of aliphatic carboxylic acids is 1. The zero-order valence-electron chi connectivity index (χ0n) is 9.47. The number of thiazole rings is 1. The molecule has 0 atom stereocenters. The van der Waals surface area contributed by atoms with Gasteiger partial charge in [0.2, 0.25) is 0 Å². The van der Waals surface area contributed by atoms with Gasteiger partial charge < -0.3 is 9.84 Å². The van der Waals surface area contributed by atoms with Crippen LogP contribution in [-0.2, 0) is 16.1 Å². The summed E-state index contributed by atoms with van der Waals surface area (Å²) in [6, 6.07) is 0. The lowest BCUT2D eigenvalue weighted by atomic mass is 10.4. The minimum atomic E-state index is -0.822. The van der Waals surface area contributed by atoms with Crippen molar-refractivity contribution < 1.29 is 14.6 Å². The number of aromatic nitrogens is 1. The molecule has 16 heavy (non-hydrogen) atoms. The number of carboxylic acids is 1. The summed E-state index contributed by atoms with van der Waals surface area (Å²) in [6.07, 6.45) is 1.79. The van der Waals surface area contributed by atoms with Crippen LogP contribution in [0.1, 0.15) is 9.88 Å². The third-order valence-electron chi connectivity index (χ3n) is 2.02. The molecule has 0 aliphatic carbocycles. The van der Waals surface area contributed by atoms with Crippen LogP contribution in [0.5, 0.6) is 0 Å². The third-order valence-corrected chi connectivity index (χ3v) is 2.92. The van der Waals surface area contributed by atoms with Crippen molar-refractivity contribution in [2.75, 3.05) is 26.8 Å². The molecule has 0 aromatic carbocycles. The van der Waals surface area contributed by atoms with Gasteiger partial charge in [0, 0.05) is 31.3 Å². The summed E-state index contributed by atoms with van der Waals surface area (Å²) in [5, 5.41) is 9.77. The Bertz CT molecular complexity index is 341. The first-order chi connectivity index (χ1) is 7.61. The molecule has 1 aromatic rings. The van der Waals surface area contributed by atoms with Gasteiger partial charge in [0.25, 0.3) is 0 Å².